The minimum Gasteiger partial charge on any atom is -0.480 e. The molecule has 1 aliphatic heterocycles. The van der Waals surface area contributed by atoms with Crippen molar-refractivity contribution in [3.63, 3.8) is 0 Å². The SMILES string of the molecule is CCc1cc(N2C(=O)CN(c3cncc(C(F)(F)F)c3)C2=O)ccc1Oc1cc(OC)nn2ccnc12.O=C(O)C(F)(F)F. The van der Waals surface area contributed by atoms with Crippen LogP contribution in [0.1, 0.15) is 18.1 Å². The van der Waals surface area contributed by atoms with Crippen molar-refractivity contribution in [2.45, 2.75) is 25.7 Å². The Morgan fingerprint density at radius 1 is 1.02 bits per heavy atom. The molecule has 44 heavy (non-hydrogen) atoms. The fourth-order valence-corrected chi connectivity index (χ4v) is 3.93. The molecule has 4 aromatic rings. The molecule has 0 atom stereocenters. The molecule has 0 saturated carbocycles. The lowest BCUT2D eigenvalue weighted by molar-refractivity contribution is -0.192. The van der Waals surface area contributed by atoms with E-state index >= 15 is 0 Å². The topological polar surface area (TPSA) is 139 Å². The number of amides is 3. The quantitative estimate of drug-likeness (QED) is 0.228. The predicted octanol–water partition coefficient (Wildman–Crippen LogP) is 5.11. The van der Waals surface area contributed by atoms with Crippen molar-refractivity contribution in [1.29, 1.82) is 0 Å². The number of urea groups is 1. The van der Waals surface area contributed by atoms with Crippen molar-refractivity contribution in [2.24, 2.45) is 0 Å². The number of alkyl halides is 6. The molecule has 232 valence electrons. The minimum absolute atomic E-state index is 0.123. The summed E-state index contributed by atoms with van der Waals surface area (Å²) in [4.78, 5) is 44.5. The molecule has 1 aromatic carbocycles. The number of aromatic nitrogens is 4. The molecule has 4 heterocycles. The van der Waals surface area contributed by atoms with Gasteiger partial charge in [0.2, 0.25) is 5.88 Å². The van der Waals surface area contributed by atoms with E-state index in [1.807, 2.05) is 6.92 Å². The molecule has 5 rings (SSSR count). The lowest BCUT2D eigenvalue weighted by Gasteiger charge is -2.19. The highest BCUT2D eigenvalue weighted by Gasteiger charge is 2.40. The second-order valence-corrected chi connectivity index (χ2v) is 8.82. The molecule has 1 fully saturated rings. The largest absolute Gasteiger partial charge is 0.490 e. The first-order valence-corrected chi connectivity index (χ1v) is 12.3. The molecule has 0 bridgehead atoms. The maximum Gasteiger partial charge on any atom is 0.490 e. The van der Waals surface area contributed by atoms with Gasteiger partial charge >= 0.3 is 24.4 Å². The van der Waals surface area contributed by atoms with Gasteiger partial charge in [-0.2, -0.15) is 26.3 Å². The number of nitrogens with zero attached hydrogens (tertiary/aromatic N) is 6. The van der Waals surface area contributed by atoms with Crippen molar-refractivity contribution in [3.05, 3.63) is 66.2 Å². The van der Waals surface area contributed by atoms with Gasteiger partial charge < -0.3 is 14.6 Å². The summed E-state index contributed by atoms with van der Waals surface area (Å²) in [5, 5.41) is 11.4. The van der Waals surface area contributed by atoms with Crippen LogP contribution in [0.3, 0.4) is 0 Å². The Kier molecular flexibility index (Phi) is 8.64. The van der Waals surface area contributed by atoms with Crippen molar-refractivity contribution in [3.8, 4) is 17.4 Å². The molecule has 1 saturated heterocycles. The number of imidazole rings is 1. The Morgan fingerprint density at radius 3 is 2.34 bits per heavy atom. The molecule has 3 amide bonds. The van der Waals surface area contributed by atoms with E-state index < -0.39 is 42.4 Å². The average Bonchev–Trinajstić information content (AvgIpc) is 3.56. The molecule has 0 radical (unpaired) electrons. The number of rotatable bonds is 6. The number of anilines is 2. The average molecular weight is 626 g/mol. The number of fused-ring (bicyclic) bond motifs is 1. The van der Waals surface area contributed by atoms with Crippen molar-refractivity contribution in [1.82, 2.24) is 19.6 Å². The number of hydrogen-bond donors (Lipinski definition) is 1. The molecule has 12 nitrogen and oxygen atoms in total. The third kappa shape index (κ3) is 6.63. The van der Waals surface area contributed by atoms with E-state index in [-0.39, 0.29) is 11.4 Å². The number of hydrogen-bond acceptors (Lipinski definition) is 8. The van der Waals surface area contributed by atoms with Crippen LogP contribution in [0.2, 0.25) is 0 Å². The monoisotopic (exact) mass is 626 g/mol. The number of carboxylic acid groups (broad SMARTS) is 1. The minimum atomic E-state index is -5.08. The summed E-state index contributed by atoms with van der Waals surface area (Å²) in [6, 6.07) is 6.36. The maximum atomic E-state index is 13.1. The fraction of sp³-hybridized carbons (Fsp3) is 0.231. The van der Waals surface area contributed by atoms with Gasteiger partial charge in [0.05, 0.1) is 30.2 Å². The van der Waals surface area contributed by atoms with Crippen molar-refractivity contribution >= 4 is 34.9 Å². The third-order valence-electron chi connectivity index (χ3n) is 5.99. The number of carbonyl (C=O) groups is 3. The number of ether oxygens (including phenoxy) is 2. The number of pyridine rings is 1. The van der Waals surface area contributed by atoms with E-state index in [9.17, 15) is 35.9 Å². The summed E-state index contributed by atoms with van der Waals surface area (Å²) < 4.78 is 83.9. The molecule has 1 aliphatic rings. The number of methoxy groups -OCH3 is 1. The second-order valence-electron chi connectivity index (χ2n) is 8.82. The summed E-state index contributed by atoms with van der Waals surface area (Å²) in [5.41, 5.74) is 0.263. The summed E-state index contributed by atoms with van der Waals surface area (Å²) in [5.74, 6) is -2.19. The van der Waals surface area contributed by atoms with Gasteiger partial charge in [0.1, 0.15) is 12.3 Å². The standard InChI is InChI=1S/C24H19F3N6O4.C2HF3O2/c1-3-14-8-16(4-5-18(14)37-19-10-20(36-2)30-32-7-6-29-22(19)32)33-21(34)13-31(23(33)35)17-9-15(11-28-12-17)24(25,26)27;3-2(4,5)1(6)7/h4-12H,3,13H2,1-2H3;(H,6,7). The summed E-state index contributed by atoms with van der Waals surface area (Å²) in [7, 11) is 1.48. The summed E-state index contributed by atoms with van der Waals surface area (Å²) in [6.07, 6.45) is -4.25. The number of carboxylic acids is 1. The van der Waals surface area contributed by atoms with Crippen LogP contribution in [-0.4, -0.2) is 62.4 Å². The van der Waals surface area contributed by atoms with Crippen LogP contribution in [0.15, 0.2) is 55.1 Å². The van der Waals surface area contributed by atoms with Crippen LogP contribution >= 0.6 is 0 Å². The van der Waals surface area contributed by atoms with Crippen LogP contribution < -0.4 is 19.3 Å². The van der Waals surface area contributed by atoms with E-state index in [0.29, 0.717) is 41.2 Å². The first kappa shape index (κ1) is 31.5. The maximum absolute atomic E-state index is 13.1. The van der Waals surface area contributed by atoms with Crippen LogP contribution in [0, 0.1) is 0 Å². The van der Waals surface area contributed by atoms with Crippen LogP contribution in [-0.2, 0) is 22.2 Å². The van der Waals surface area contributed by atoms with E-state index in [1.54, 1.807) is 30.6 Å². The predicted molar refractivity (Wildman–Crippen MR) is 139 cm³/mol. The highest BCUT2D eigenvalue weighted by atomic mass is 19.4. The van der Waals surface area contributed by atoms with E-state index in [1.165, 1.54) is 17.7 Å². The van der Waals surface area contributed by atoms with Gasteiger partial charge in [-0.15, -0.1) is 5.10 Å². The number of carbonyl (C=O) groups excluding carboxylic acids is 2. The zero-order valence-corrected chi connectivity index (χ0v) is 22.5. The van der Waals surface area contributed by atoms with E-state index in [2.05, 4.69) is 15.1 Å². The number of aliphatic carboxylic acids is 1. The van der Waals surface area contributed by atoms with Gasteiger partial charge in [-0.25, -0.2) is 24.0 Å². The number of benzene rings is 1. The highest BCUT2D eigenvalue weighted by molar-refractivity contribution is 6.27. The highest BCUT2D eigenvalue weighted by Crippen LogP contribution is 2.36. The summed E-state index contributed by atoms with van der Waals surface area (Å²) >= 11 is 0. The first-order chi connectivity index (χ1) is 20.6. The number of aryl methyl sites for hydroxylation is 1. The molecular weight excluding hydrogens is 606 g/mol. The van der Waals surface area contributed by atoms with E-state index in [0.717, 1.165) is 22.1 Å². The number of halogens is 6. The molecule has 0 aliphatic carbocycles. The van der Waals surface area contributed by atoms with Crippen LogP contribution in [0.4, 0.5) is 42.5 Å². The smallest absolute Gasteiger partial charge is 0.480 e. The Balaban J connectivity index is 0.000000566. The lowest BCUT2D eigenvalue weighted by atomic mass is 10.1. The fourth-order valence-electron chi connectivity index (χ4n) is 3.93. The van der Waals surface area contributed by atoms with E-state index in [4.69, 9.17) is 19.4 Å². The van der Waals surface area contributed by atoms with Gasteiger partial charge in [-0.3, -0.25) is 14.7 Å². The Bertz CT molecular complexity index is 1720. The van der Waals surface area contributed by atoms with Gasteiger partial charge in [0.25, 0.3) is 5.91 Å². The van der Waals surface area contributed by atoms with Gasteiger partial charge in [0, 0.05) is 24.7 Å². The van der Waals surface area contributed by atoms with Crippen molar-refractivity contribution in [2.75, 3.05) is 23.5 Å². The molecule has 3 aromatic heterocycles. The molecule has 1 N–H and O–H groups in total. The van der Waals surface area contributed by atoms with Gasteiger partial charge in [-0.05, 0) is 36.2 Å². The van der Waals surface area contributed by atoms with Gasteiger partial charge in [-0.1, -0.05) is 6.92 Å². The Morgan fingerprint density at radius 2 is 1.73 bits per heavy atom. The zero-order chi connectivity index (χ0) is 32.4. The first-order valence-electron chi connectivity index (χ1n) is 12.3. The normalized spacial score (nSPS) is 13.6. The lowest BCUT2D eigenvalue weighted by Crippen LogP contribution is -2.33. The zero-order valence-electron chi connectivity index (χ0n) is 22.5. The second kappa shape index (κ2) is 12.1. The molecule has 0 spiro atoms. The Hall–Kier alpha value is -5.42. The molecule has 0 unspecified atom stereocenters. The molecule has 18 heteroatoms. The number of imide groups is 1. The van der Waals surface area contributed by atoms with Crippen LogP contribution in [0.25, 0.3) is 5.65 Å². The Labute approximate surface area is 243 Å². The molecular formula is C26H20F6N6O6. The van der Waals surface area contributed by atoms with Crippen LogP contribution in [0.5, 0.6) is 17.4 Å². The summed E-state index contributed by atoms with van der Waals surface area (Å²) in [6.45, 7) is 1.45. The third-order valence-corrected chi connectivity index (χ3v) is 5.99. The van der Waals surface area contributed by atoms with Crippen molar-refractivity contribution < 1.29 is 55.3 Å². The van der Waals surface area contributed by atoms with Gasteiger partial charge in [0.15, 0.2) is 11.4 Å².